The van der Waals surface area contributed by atoms with E-state index in [0.29, 0.717) is 22.4 Å². The van der Waals surface area contributed by atoms with Gasteiger partial charge in [-0.1, -0.05) is 38.1 Å². The molecule has 10 heteroatoms. The first-order valence-electron chi connectivity index (χ1n) is 11.4. The van der Waals surface area contributed by atoms with Gasteiger partial charge in [0, 0.05) is 0 Å². The number of carbonyl (C=O) groups is 2. The van der Waals surface area contributed by atoms with Crippen LogP contribution in [0.1, 0.15) is 55.3 Å². The highest BCUT2D eigenvalue weighted by molar-refractivity contribution is 6.38. The monoisotopic (exact) mass is 487 g/mol. The summed E-state index contributed by atoms with van der Waals surface area (Å²) in [6, 6.07) is 9.34. The zero-order valence-corrected chi connectivity index (χ0v) is 19.4. The lowest BCUT2D eigenvalue weighted by molar-refractivity contribution is -0.739. The van der Waals surface area contributed by atoms with Crippen LogP contribution in [0.15, 0.2) is 54.4 Å². The van der Waals surface area contributed by atoms with Crippen LogP contribution in [-0.2, 0) is 9.59 Å². The van der Waals surface area contributed by atoms with Gasteiger partial charge in [0.25, 0.3) is 5.71 Å². The molecule has 4 rings (SSSR count). The molecule has 0 saturated heterocycles. The summed E-state index contributed by atoms with van der Waals surface area (Å²) in [6.45, 7) is 3.50. The summed E-state index contributed by atoms with van der Waals surface area (Å²) in [5.41, 5.74) is 9.11. The summed E-state index contributed by atoms with van der Waals surface area (Å²) in [6.07, 6.45) is -0.0475. The second kappa shape index (κ2) is 10.3. The van der Waals surface area contributed by atoms with Gasteiger partial charge in [-0.2, -0.15) is 10.1 Å². The highest BCUT2D eigenvalue weighted by Gasteiger charge is 2.41. The van der Waals surface area contributed by atoms with E-state index < -0.39 is 35.7 Å². The summed E-state index contributed by atoms with van der Waals surface area (Å²) >= 11 is 0. The molecule has 0 bridgehead atoms. The molecule has 2 aromatic carbocycles. The van der Waals surface area contributed by atoms with Crippen molar-refractivity contribution in [3.8, 4) is 0 Å². The lowest BCUT2D eigenvalue weighted by Gasteiger charge is -2.20. The summed E-state index contributed by atoms with van der Waals surface area (Å²) in [7, 11) is 0. The van der Waals surface area contributed by atoms with Crippen molar-refractivity contribution in [2.24, 2.45) is 0 Å². The smallest absolute Gasteiger partial charge is 0.336 e. The molecular formula is C25H28F3N5O2+2. The van der Waals surface area contributed by atoms with Gasteiger partial charge in [0.05, 0.1) is 18.7 Å². The standard InChI is InChI=1S/C25H26F3N5O2/c1-14(2)20-7-6-16(9-21(20)28)24(15-4-3-5-17(26)8-15)30-25(35)22-10-18(27)13-33(22)23(34)11-19-12-29-32-31-19/h3-9,12,14,18,24,30H,10-11,13H2,1-2H3,(H2,29,31,32,35)/p+2/t18-,24-/m1/s1. The summed E-state index contributed by atoms with van der Waals surface area (Å²) in [5, 5.41) is 2.78. The molecule has 2 heterocycles. The van der Waals surface area contributed by atoms with E-state index in [4.69, 9.17) is 0 Å². The third-order valence-electron chi connectivity index (χ3n) is 6.06. The van der Waals surface area contributed by atoms with E-state index in [0.717, 1.165) is 4.58 Å². The Kier molecular flexibility index (Phi) is 7.20. The van der Waals surface area contributed by atoms with Crippen molar-refractivity contribution >= 4 is 17.5 Å². The summed E-state index contributed by atoms with van der Waals surface area (Å²) < 4.78 is 44.3. The second-order valence-electron chi connectivity index (χ2n) is 8.95. The van der Waals surface area contributed by atoms with Crippen LogP contribution in [0.3, 0.4) is 0 Å². The molecule has 0 aromatic heterocycles. The van der Waals surface area contributed by atoms with Gasteiger partial charge in [0.1, 0.15) is 23.8 Å². The molecular weight excluding hydrogens is 459 g/mol. The molecule has 0 spiro atoms. The first-order chi connectivity index (χ1) is 16.7. The Hall–Kier alpha value is -3.66. The Labute approximate surface area is 201 Å². The van der Waals surface area contributed by atoms with Crippen molar-refractivity contribution < 1.29 is 32.9 Å². The molecule has 2 aliphatic rings. The molecule has 0 aliphatic carbocycles. The van der Waals surface area contributed by atoms with Crippen molar-refractivity contribution in [1.82, 2.24) is 16.2 Å². The third-order valence-corrected chi connectivity index (χ3v) is 6.06. The highest BCUT2D eigenvalue weighted by Crippen LogP contribution is 2.27. The lowest BCUT2D eigenvalue weighted by Crippen LogP contribution is -2.96. The number of nitrogens with zero attached hydrogens (tertiary/aromatic N) is 1. The number of carbonyl (C=O) groups excluding carboxylic acids is 2. The van der Waals surface area contributed by atoms with E-state index in [1.54, 1.807) is 29.9 Å². The predicted molar refractivity (Wildman–Crippen MR) is 122 cm³/mol. The topological polar surface area (TPSA) is 89.8 Å². The molecule has 0 saturated carbocycles. The van der Waals surface area contributed by atoms with Gasteiger partial charge in [-0.15, -0.1) is 0 Å². The van der Waals surface area contributed by atoms with Crippen LogP contribution < -0.4 is 21.7 Å². The Bertz CT molecular complexity index is 1210. The second-order valence-corrected chi connectivity index (χ2v) is 8.95. The van der Waals surface area contributed by atoms with Crippen LogP contribution in [-0.4, -0.2) is 34.8 Å². The fraction of sp³-hybridized carbons (Fsp3) is 0.320. The van der Waals surface area contributed by atoms with Crippen molar-refractivity contribution in [2.45, 2.75) is 44.8 Å². The molecule has 2 amide bonds. The van der Waals surface area contributed by atoms with E-state index in [9.17, 15) is 22.8 Å². The summed E-state index contributed by atoms with van der Waals surface area (Å²) in [4.78, 5) is 26.1. The molecule has 7 nitrogen and oxygen atoms in total. The Balaban J connectivity index is 1.66. The lowest BCUT2D eigenvalue weighted by atomic mass is 9.94. The SMILES string of the molecule is CC(C)c1ccc([C@H](NC(=O)C2=[N+](C(=O)CC3=CN[NH2+]N3)C[C@H](F)C2)c2cccc(F)c2)cc1F. The van der Waals surface area contributed by atoms with Crippen LogP contribution in [0, 0.1) is 11.6 Å². The minimum Gasteiger partial charge on any atom is -0.336 e. The average Bonchev–Trinajstić information content (AvgIpc) is 3.46. The zero-order chi connectivity index (χ0) is 25.1. The minimum atomic E-state index is -1.38. The largest absolute Gasteiger partial charge is 0.393 e. The van der Waals surface area contributed by atoms with Crippen LogP contribution in [0.5, 0.6) is 0 Å². The maximum Gasteiger partial charge on any atom is 0.393 e. The van der Waals surface area contributed by atoms with Crippen molar-refractivity contribution in [3.05, 3.63) is 82.7 Å². The van der Waals surface area contributed by atoms with Crippen LogP contribution >= 0.6 is 0 Å². The predicted octanol–water partition coefficient (Wildman–Crippen LogP) is 1.83. The molecule has 35 heavy (non-hydrogen) atoms. The molecule has 5 N–H and O–H groups in total. The number of hydrogen-bond acceptors (Lipinski definition) is 4. The molecule has 2 aromatic rings. The fourth-order valence-corrected chi connectivity index (χ4v) is 4.29. The van der Waals surface area contributed by atoms with Crippen LogP contribution in [0.2, 0.25) is 0 Å². The first-order valence-corrected chi connectivity index (χ1v) is 11.4. The van der Waals surface area contributed by atoms with Crippen molar-refractivity contribution in [1.29, 1.82) is 0 Å². The molecule has 2 aliphatic heterocycles. The van der Waals surface area contributed by atoms with E-state index in [1.165, 1.54) is 24.3 Å². The van der Waals surface area contributed by atoms with Gasteiger partial charge < -0.3 is 5.32 Å². The Morgan fingerprint density at radius 3 is 2.60 bits per heavy atom. The zero-order valence-electron chi connectivity index (χ0n) is 19.4. The fourth-order valence-electron chi connectivity index (χ4n) is 4.29. The molecule has 0 unspecified atom stereocenters. The van der Waals surface area contributed by atoms with Gasteiger partial charge in [-0.05, 0) is 40.8 Å². The Morgan fingerprint density at radius 1 is 1.17 bits per heavy atom. The third kappa shape index (κ3) is 5.54. The summed E-state index contributed by atoms with van der Waals surface area (Å²) in [5.74, 6) is -2.10. The van der Waals surface area contributed by atoms with Crippen LogP contribution in [0.4, 0.5) is 13.2 Å². The van der Waals surface area contributed by atoms with E-state index in [-0.39, 0.29) is 31.0 Å². The van der Waals surface area contributed by atoms with Crippen molar-refractivity contribution in [2.75, 3.05) is 6.54 Å². The van der Waals surface area contributed by atoms with Gasteiger partial charge in [0.2, 0.25) is 0 Å². The maximum absolute atomic E-state index is 14.8. The van der Waals surface area contributed by atoms with Gasteiger partial charge >= 0.3 is 11.8 Å². The molecule has 184 valence electrons. The van der Waals surface area contributed by atoms with Gasteiger partial charge in [-0.25, -0.2) is 28.8 Å². The number of rotatable bonds is 7. The van der Waals surface area contributed by atoms with E-state index in [1.807, 2.05) is 13.8 Å². The number of hydrogen-bond donors (Lipinski definition) is 4. The highest BCUT2D eigenvalue weighted by atomic mass is 19.1. The van der Waals surface area contributed by atoms with Gasteiger partial charge in [-0.3, -0.25) is 4.79 Å². The van der Waals surface area contributed by atoms with Gasteiger partial charge in [0.15, 0.2) is 12.7 Å². The molecule has 0 radical (unpaired) electrons. The molecule has 2 atom stereocenters. The number of quaternary nitrogens is 1. The first kappa shape index (κ1) is 24.5. The van der Waals surface area contributed by atoms with E-state index in [2.05, 4.69) is 16.2 Å². The number of amides is 2. The van der Waals surface area contributed by atoms with Crippen molar-refractivity contribution in [3.63, 3.8) is 0 Å². The number of nitrogens with two attached hydrogens (primary N) is 1. The quantitative estimate of drug-likeness (QED) is 0.355. The molecule has 0 fully saturated rings. The van der Waals surface area contributed by atoms with Crippen LogP contribution in [0.25, 0.3) is 0 Å². The number of halogens is 3. The number of alkyl halides is 1. The average molecular weight is 488 g/mol. The maximum atomic E-state index is 14.8. The minimum absolute atomic E-state index is 0.0151. The normalized spacial score (nSPS) is 18.2. The van der Waals surface area contributed by atoms with E-state index >= 15 is 0 Å². The number of nitrogens with one attached hydrogen (secondary N) is 3. The number of benzene rings is 2. The Morgan fingerprint density at radius 2 is 1.94 bits per heavy atom.